The third kappa shape index (κ3) is 1.93. The van der Waals surface area contributed by atoms with Gasteiger partial charge in [-0.2, -0.15) is 0 Å². The number of aryl methyl sites for hydroxylation is 1. The number of primary amides is 1. The summed E-state index contributed by atoms with van der Waals surface area (Å²) in [5, 5.41) is 0. The molecule has 8 heteroatoms. The molecule has 120 valence electrons. The number of nitrogens with two attached hydrogens (primary N) is 1. The number of amides is 1. The molecule has 0 unspecified atom stereocenters. The molecule has 0 spiro atoms. The summed E-state index contributed by atoms with van der Waals surface area (Å²) in [5.74, 6) is -0.376. The Morgan fingerprint density at radius 1 is 1.21 bits per heavy atom. The van der Waals surface area contributed by atoms with Crippen LogP contribution in [0.25, 0.3) is 16.9 Å². The van der Waals surface area contributed by atoms with E-state index in [1.807, 2.05) is 30.3 Å². The Morgan fingerprint density at radius 2 is 1.96 bits per heavy atom. The highest BCUT2D eigenvalue weighted by atomic mass is 16.2. The van der Waals surface area contributed by atoms with Gasteiger partial charge in [-0.15, -0.1) is 0 Å². The van der Waals surface area contributed by atoms with Gasteiger partial charge in [-0.25, -0.2) is 14.4 Å². The molecular formula is C16H14N6O2. The third-order valence-corrected chi connectivity index (χ3v) is 4.03. The number of carbonyl (C=O) groups excluding carboxylic acids is 1. The van der Waals surface area contributed by atoms with Crippen molar-refractivity contribution in [2.45, 2.75) is 6.54 Å². The van der Waals surface area contributed by atoms with Crippen LogP contribution in [0.2, 0.25) is 0 Å². The summed E-state index contributed by atoms with van der Waals surface area (Å²) < 4.78 is 4.66. The van der Waals surface area contributed by atoms with Crippen LogP contribution in [0.15, 0.2) is 47.7 Å². The van der Waals surface area contributed by atoms with Gasteiger partial charge < -0.3 is 10.3 Å². The lowest BCUT2D eigenvalue weighted by Gasteiger charge is -2.07. The van der Waals surface area contributed by atoms with Crippen LogP contribution in [0.4, 0.5) is 0 Å². The predicted octanol–water partition coefficient (Wildman–Crippen LogP) is 0.530. The van der Waals surface area contributed by atoms with Gasteiger partial charge in [0.15, 0.2) is 11.2 Å². The lowest BCUT2D eigenvalue weighted by atomic mass is 10.2. The maximum Gasteiger partial charge on any atom is 0.285 e. The number of imidazole rings is 2. The Hall–Kier alpha value is -3.42. The maximum atomic E-state index is 12.9. The largest absolute Gasteiger partial charge is 0.364 e. The van der Waals surface area contributed by atoms with E-state index in [9.17, 15) is 9.59 Å². The van der Waals surface area contributed by atoms with E-state index in [0.29, 0.717) is 23.5 Å². The summed E-state index contributed by atoms with van der Waals surface area (Å²) >= 11 is 0. The number of hydrogen-bond donors (Lipinski definition) is 1. The van der Waals surface area contributed by atoms with Gasteiger partial charge in [-0.1, -0.05) is 30.3 Å². The van der Waals surface area contributed by atoms with Gasteiger partial charge in [0.1, 0.15) is 5.69 Å². The van der Waals surface area contributed by atoms with Crippen LogP contribution in [0, 0.1) is 0 Å². The van der Waals surface area contributed by atoms with Crippen LogP contribution in [0.3, 0.4) is 0 Å². The SMILES string of the molecule is Cn1c2ncn(Cc3ccccc3)c2c(=O)n2c(C(N)=O)cnc12. The number of nitrogens with zero attached hydrogens (tertiary/aromatic N) is 5. The zero-order chi connectivity index (χ0) is 16.8. The van der Waals surface area contributed by atoms with E-state index in [1.54, 1.807) is 22.5 Å². The fraction of sp³-hybridized carbons (Fsp3) is 0.125. The van der Waals surface area contributed by atoms with Crippen LogP contribution >= 0.6 is 0 Å². The van der Waals surface area contributed by atoms with Crippen LogP contribution in [0.1, 0.15) is 16.1 Å². The van der Waals surface area contributed by atoms with Crippen molar-refractivity contribution in [1.29, 1.82) is 0 Å². The molecule has 3 heterocycles. The zero-order valence-electron chi connectivity index (χ0n) is 12.9. The van der Waals surface area contributed by atoms with Crippen molar-refractivity contribution in [3.8, 4) is 0 Å². The number of fused-ring (bicyclic) bond motifs is 2. The van der Waals surface area contributed by atoms with Gasteiger partial charge in [0.25, 0.3) is 11.5 Å². The van der Waals surface area contributed by atoms with Gasteiger partial charge in [0.2, 0.25) is 5.78 Å². The summed E-state index contributed by atoms with van der Waals surface area (Å²) in [7, 11) is 1.74. The fourth-order valence-corrected chi connectivity index (χ4v) is 2.89. The van der Waals surface area contributed by atoms with E-state index in [-0.39, 0.29) is 11.3 Å². The molecule has 4 rings (SSSR count). The number of carbonyl (C=O) groups is 1. The Kier molecular flexibility index (Phi) is 2.99. The van der Waals surface area contributed by atoms with E-state index in [0.717, 1.165) is 5.56 Å². The summed E-state index contributed by atoms with van der Waals surface area (Å²) in [6.45, 7) is 0.499. The minimum atomic E-state index is -0.701. The molecule has 0 aliphatic heterocycles. The molecule has 0 fully saturated rings. The second-order valence-electron chi connectivity index (χ2n) is 5.54. The number of hydrogen-bond acceptors (Lipinski definition) is 4. The Labute approximate surface area is 135 Å². The summed E-state index contributed by atoms with van der Waals surface area (Å²) in [6.07, 6.45) is 2.92. The number of benzene rings is 1. The molecule has 0 aliphatic carbocycles. The highest BCUT2D eigenvalue weighted by molar-refractivity contribution is 5.92. The van der Waals surface area contributed by atoms with Gasteiger partial charge in [0, 0.05) is 13.6 Å². The molecule has 1 amide bonds. The molecule has 0 bridgehead atoms. The quantitative estimate of drug-likeness (QED) is 0.594. The normalized spacial score (nSPS) is 11.4. The van der Waals surface area contributed by atoms with Crippen LogP contribution < -0.4 is 11.3 Å². The van der Waals surface area contributed by atoms with Crippen molar-refractivity contribution in [3.05, 3.63) is 64.5 Å². The van der Waals surface area contributed by atoms with E-state index in [4.69, 9.17) is 5.73 Å². The average Bonchev–Trinajstić information content (AvgIpc) is 3.18. The van der Waals surface area contributed by atoms with Gasteiger partial charge in [-0.3, -0.25) is 14.2 Å². The Balaban J connectivity index is 2.03. The maximum absolute atomic E-state index is 12.9. The van der Waals surface area contributed by atoms with Crippen molar-refractivity contribution >= 4 is 22.8 Å². The molecule has 0 atom stereocenters. The molecule has 1 aromatic carbocycles. The van der Waals surface area contributed by atoms with E-state index < -0.39 is 5.91 Å². The van der Waals surface area contributed by atoms with Crippen molar-refractivity contribution in [1.82, 2.24) is 23.5 Å². The van der Waals surface area contributed by atoms with E-state index >= 15 is 0 Å². The minimum Gasteiger partial charge on any atom is -0.364 e. The second-order valence-corrected chi connectivity index (χ2v) is 5.54. The molecule has 4 aromatic rings. The fourth-order valence-electron chi connectivity index (χ4n) is 2.89. The zero-order valence-corrected chi connectivity index (χ0v) is 12.9. The summed E-state index contributed by atoms with van der Waals surface area (Å²) in [6, 6.07) is 9.75. The van der Waals surface area contributed by atoms with Crippen molar-refractivity contribution in [3.63, 3.8) is 0 Å². The smallest absolute Gasteiger partial charge is 0.285 e. The molecule has 0 radical (unpaired) electrons. The lowest BCUT2D eigenvalue weighted by molar-refractivity contribution is 0.0994. The van der Waals surface area contributed by atoms with Crippen LogP contribution in [-0.2, 0) is 13.6 Å². The molecule has 8 nitrogen and oxygen atoms in total. The standard InChI is InChI=1S/C16H14N6O2/c1-20-14-12(15(24)22-11(13(17)23)7-18-16(20)22)21(9-19-14)8-10-5-3-2-4-6-10/h2-7,9H,8H2,1H3,(H2,17,23). The number of aromatic nitrogens is 5. The third-order valence-electron chi connectivity index (χ3n) is 4.03. The monoisotopic (exact) mass is 322 g/mol. The first-order valence-corrected chi connectivity index (χ1v) is 7.33. The van der Waals surface area contributed by atoms with Crippen molar-refractivity contribution in [2.24, 2.45) is 12.8 Å². The van der Waals surface area contributed by atoms with Gasteiger partial charge in [-0.05, 0) is 5.56 Å². The first-order chi connectivity index (χ1) is 11.6. The van der Waals surface area contributed by atoms with Gasteiger partial charge >= 0.3 is 0 Å². The molecule has 0 saturated heterocycles. The number of rotatable bonds is 3. The van der Waals surface area contributed by atoms with Crippen molar-refractivity contribution in [2.75, 3.05) is 0 Å². The average molecular weight is 322 g/mol. The lowest BCUT2D eigenvalue weighted by Crippen LogP contribution is -2.25. The topological polar surface area (TPSA) is 100 Å². The van der Waals surface area contributed by atoms with Crippen molar-refractivity contribution < 1.29 is 4.79 Å². The first kappa shape index (κ1) is 14.2. The second kappa shape index (κ2) is 5.05. The van der Waals surface area contributed by atoms with Crippen LogP contribution in [0.5, 0.6) is 0 Å². The molecule has 0 saturated carbocycles. The molecular weight excluding hydrogens is 308 g/mol. The molecule has 24 heavy (non-hydrogen) atoms. The van der Waals surface area contributed by atoms with E-state index in [1.165, 1.54) is 10.6 Å². The summed E-state index contributed by atoms with van der Waals surface area (Å²) in [4.78, 5) is 33.0. The molecule has 0 aliphatic rings. The Morgan fingerprint density at radius 3 is 2.67 bits per heavy atom. The summed E-state index contributed by atoms with van der Waals surface area (Å²) in [5.41, 5.74) is 6.99. The van der Waals surface area contributed by atoms with Gasteiger partial charge in [0.05, 0.1) is 12.5 Å². The molecule has 2 N–H and O–H groups in total. The minimum absolute atomic E-state index is 0.0555. The predicted molar refractivity (Wildman–Crippen MR) is 87.8 cm³/mol. The first-order valence-electron chi connectivity index (χ1n) is 7.33. The highest BCUT2D eigenvalue weighted by Crippen LogP contribution is 2.14. The van der Waals surface area contributed by atoms with Crippen LogP contribution in [-0.4, -0.2) is 29.4 Å². The molecule has 3 aromatic heterocycles. The van der Waals surface area contributed by atoms with E-state index in [2.05, 4.69) is 9.97 Å². The Bertz CT molecular complexity index is 1140. The highest BCUT2D eigenvalue weighted by Gasteiger charge is 2.19.